The summed E-state index contributed by atoms with van der Waals surface area (Å²) < 4.78 is 0. The molecule has 0 spiro atoms. The fraction of sp³-hybridized carbons (Fsp3) is 0.304. The Morgan fingerprint density at radius 2 is 2.00 bits per heavy atom. The van der Waals surface area contributed by atoms with E-state index < -0.39 is 0 Å². The minimum absolute atomic E-state index is 0.0779. The van der Waals surface area contributed by atoms with E-state index >= 15 is 0 Å². The highest BCUT2D eigenvalue weighted by atomic mass is 35.5. The number of hydrogen-bond donors (Lipinski definition) is 2. The number of nitrogens with one attached hydrogen (secondary N) is 2. The Hall–Kier alpha value is -2.34. The Balaban J connectivity index is 1.64. The Kier molecular flexibility index (Phi) is 7.91. The molecule has 1 fully saturated rings. The number of carbonyl (C=O) groups is 2. The molecule has 2 amide bonds. The van der Waals surface area contributed by atoms with Crippen LogP contribution in [0.4, 0.5) is 5.69 Å². The van der Waals surface area contributed by atoms with Gasteiger partial charge in [-0.2, -0.15) is 0 Å². The van der Waals surface area contributed by atoms with Crippen molar-refractivity contribution in [2.45, 2.75) is 19.4 Å². The van der Waals surface area contributed by atoms with Crippen LogP contribution in [-0.2, 0) is 11.3 Å². The fourth-order valence-electron chi connectivity index (χ4n) is 3.59. The molecule has 2 N–H and O–H groups in total. The van der Waals surface area contributed by atoms with Crippen LogP contribution >= 0.6 is 23.2 Å². The van der Waals surface area contributed by atoms with E-state index in [9.17, 15) is 9.59 Å². The van der Waals surface area contributed by atoms with E-state index in [2.05, 4.69) is 22.1 Å². The number of halogens is 2. The third-order valence-electron chi connectivity index (χ3n) is 5.12. The normalized spacial score (nSPS) is 16.7. The fourth-order valence-corrected chi connectivity index (χ4v) is 4.06. The average Bonchev–Trinajstić information content (AvgIpc) is 2.74. The molecule has 2 aromatic rings. The van der Waals surface area contributed by atoms with Crippen molar-refractivity contribution < 1.29 is 9.59 Å². The summed E-state index contributed by atoms with van der Waals surface area (Å²) in [5.41, 5.74) is 1.95. The number of hydrogen-bond acceptors (Lipinski definition) is 3. The molecule has 0 aromatic heterocycles. The maximum absolute atomic E-state index is 12.9. The van der Waals surface area contributed by atoms with Gasteiger partial charge < -0.3 is 10.6 Å². The van der Waals surface area contributed by atoms with E-state index in [-0.39, 0.29) is 17.7 Å². The Labute approximate surface area is 187 Å². The zero-order valence-corrected chi connectivity index (χ0v) is 18.2. The van der Waals surface area contributed by atoms with Crippen molar-refractivity contribution in [3.05, 3.63) is 76.3 Å². The number of likely N-dealkylation sites (tertiary alicyclic amines) is 1. The second kappa shape index (κ2) is 10.6. The molecule has 1 atom stereocenters. The lowest BCUT2D eigenvalue weighted by atomic mass is 9.96. The standard InChI is InChI=1S/C23H25Cl2N3O2/c1-2-11-26-23(30)19-7-3-4-8-21(19)27-22(29)17-6-5-12-28(15-17)14-16-9-10-18(24)13-20(16)25/h2-4,7-10,13,17H,1,5-6,11-12,14-15H2,(H,26,30)(H,27,29). The third kappa shape index (κ3) is 5.85. The van der Waals surface area contributed by atoms with Crippen LogP contribution in [0.5, 0.6) is 0 Å². The second-order valence-electron chi connectivity index (χ2n) is 7.34. The smallest absolute Gasteiger partial charge is 0.253 e. The molecule has 1 aliphatic heterocycles. The number of carbonyl (C=O) groups excluding carboxylic acids is 2. The number of nitrogens with zero attached hydrogens (tertiary/aromatic N) is 1. The number of anilines is 1. The molecule has 5 nitrogen and oxygen atoms in total. The topological polar surface area (TPSA) is 61.4 Å². The molecule has 30 heavy (non-hydrogen) atoms. The zero-order chi connectivity index (χ0) is 21.5. The van der Waals surface area contributed by atoms with Crippen LogP contribution in [-0.4, -0.2) is 36.3 Å². The lowest BCUT2D eigenvalue weighted by molar-refractivity contribution is -0.121. The van der Waals surface area contributed by atoms with Crippen LogP contribution in [0, 0.1) is 5.92 Å². The first kappa shape index (κ1) is 22.3. The molecule has 0 aliphatic carbocycles. The summed E-state index contributed by atoms with van der Waals surface area (Å²) >= 11 is 12.3. The van der Waals surface area contributed by atoms with Crippen molar-refractivity contribution in [3.63, 3.8) is 0 Å². The Morgan fingerprint density at radius 1 is 1.20 bits per heavy atom. The van der Waals surface area contributed by atoms with Crippen molar-refractivity contribution in [3.8, 4) is 0 Å². The van der Waals surface area contributed by atoms with Crippen LogP contribution < -0.4 is 10.6 Å². The minimum atomic E-state index is -0.242. The summed E-state index contributed by atoms with van der Waals surface area (Å²) in [6.45, 7) is 6.18. The van der Waals surface area contributed by atoms with Crippen molar-refractivity contribution in [2.75, 3.05) is 25.0 Å². The van der Waals surface area contributed by atoms with E-state index in [1.807, 2.05) is 12.1 Å². The van der Waals surface area contributed by atoms with E-state index in [1.54, 1.807) is 36.4 Å². The van der Waals surface area contributed by atoms with Crippen LogP contribution in [0.2, 0.25) is 10.0 Å². The molecule has 7 heteroatoms. The second-order valence-corrected chi connectivity index (χ2v) is 8.19. The predicted octanol–water partition coefficient (Wildman–Crippen LogP) is 4.76. The van der Waals surface area contributed by atoms with Gasteiger partial charge >= 0.3 is 0 Å². The number of rotatable bonds is 7. The van der Waals surface area contributed by atoms with Crippen LogP contribution in [0.3, 0.4) is 0 Å². The summed E-state index contributed by atoms with van der Waals surface area (Å²) in [7, 11) is 0. The molecule has 3 rings (SSSR count). The summed E-state index contributed by atoms with van der Waals surface area (Å²) in [6.07, 6.45) is 3.34. The summed E-state index contributed by atoms with van der Waals surface area (Å²) in [4.78, 5) is 27.5. The van der Waals surface area contributed by atoms with Gasteiger partial charge in [0, 0.05) is 29.7 Å². The lowest BCUT2D eigenvalue weighted by Gasteiger charge is -2.32. The van der Waals surface area contributed by atoms with Crippen molar-refractivity contribution >= 4 is 40.7 Å². The maximum atomic E-state index is 12.9. The van der Waals surface area contributed by atoms with Gasteiger partial charge in [-0.25, -0.2) is 0 Å². The van der Waals surface area contributed by atoms with Gasteiger partial charge in [0.1, 0.15) is 0 Å². The molecule has 1 heterocycles. The first-order valence-electron chi connectivity index (χ1n) is 9.93. The summed E-state index contributed by atoms with van der Waals surface area (Å²) in [5.74, 6) is -0.478. The molecule has 1 unspecified atom stereocenters. The molecule has 1 aliphatic rings. The highest BCUT2D eigenvalue weighted by Gasteiger charge is 2.27. The van der Waals surface area contributed by atoms with Gasteiger partial charge in [-0.15, -0.1) is 6.58 Å². The molecular weight excluding hydrogens is 421 g/mol. The lowest BCUT2D eigenvalue weighted by Crippen LogP contribution is -2.40. The van der Waals surface area contributed by atoms with Gasteiger partial charge in [0.15, 0.2) is 0 Å². The quantitative estimate of drug-likeness (QED) is 0.603. The monoisotopic (exact) mass is 445 g/mol. The van der Waals surface area contributed by atoms with Gasteiger partial charge in [0.2, 0.25) is 5.91 Å². The largest absolute Gasteiger partial charge is 0.349 e. The van der Waals surface area contributed by atoms with Gasteiger partial charge in [-0.3, -0.25) is 14.5 Å². The first-order chi connectivity index (χ1) is 14.5. The van der Waals surface area contributed by atoms with E-state index in [4.69, 9.17) is 23.2 Å². The van der Waals surface area contributed by atoms with Crippen LogP contribution in [0.25, 0.3) is 0 Å². The molecule has 1 saturated heterocycles. The molecular formula is C23H25Cl2N3O2. The molecule has 0 bridgehead atoms. The van der Waals surface area contributed by atoms with Crippen LogP contribution in [0.1, 0.15) is 28.8 Å². The van der Waals surface area contributed by atoms with Crippen molar-refractivity contribution in [1.29, 1.82) is 0 Å². The van der Waals surface area contributed by atoms with Crippen molar-refractivity contribution in [2.24, 2.45) is 5.92 Å². The Morgan fingerprint density at radius 3 is 2.77 bits per heavy atom. The molecule has 0 saturated carbocycles. The molecule has 2 aromatic carbocycles. The maximum Gasteiger partial charge on any atom is 0.253 e. The van der Waals surface area contributed by atoms with Gasteiger partial charge in [-0.05, 0) is 49.2 Å². The minimum Gasteiger partial charge on any atom is -0.349 e. The predicted molar refractivity (Wildman–Crippen MR) is 122 cm³/mol. The highest BCUT2D eigenvalue weighted by Crippen LogP contribution is 2.26. The first-order valence-corrected chi connectivity index (χ1v) is 10.7. The van der Waals surface area contributed by atoms with E-state index in [1.165, 1.54) is 0 Å². The SMILES string of the molecule is C=CCNC(=O)c1ccccc1NC(=O)C1CCCN(Cc2ccc(Cl)cc2Cl)C1. The number of amides is 2. The average molecular weight is 446 g/mol. The highest BCUT2D eigenvalue weighted by molar-refractivity contribution is 6.35. The Bertz CT molecular complexity index is 932. The van der Waals surface area contributed by atoms with Gasteiger partial charge in [0.25, 0.3) is 5.91 Å². The van der Waals surface area contributed by atoms with Crippen LogP contribution in [0.15, 0.2) is 55.1 Å². The van der Waals surface area contributed by atoms with E-state index in [0.717, 1.165) is 24.9 Å². The van der Waals surface area contributed by atoms with Gasteiger partial charge in [-0.1, -0.05) is 47.5 Å². The summed E-state index contributed by atoms with van der Waals surface area (Å²) in [6, 6.07) is 12.5. The molecule has 158 valence electrons. The summed E-state index contributed by atoms with van der Waals surface area (Å²) in [5, 5.41) is 6.93. The van der Waals surface area contributed by atoms with Gasteiger partial charge in [0.05, 0.1) is 17.2 Å². The third-order valence-corrected chi connectivity index (χ3v) is 5.71. The van der Waals surface area contributed by atoms with Crippen molar-refractivity contribution in [1.82, 2.24) is 10.2 Å². The zero-order valence-electron chi connectivity index (χ0n) is 16.7. The number of para-hydroxylation sites is 1. The number of piperidine rings is 1. The van der Waals surface area contributed by atoms with E-state index in [0.29, 0.717) is 40.9 Å². The number of benzene rings is 2. The molecule has 0 radical (unpaired) electrons.